The second kappa shape index (κ2) is 8.29. The number of hydrogen-bond donors (Lipinski definition) is 2. The Morgan fingerprint density at radius 1 is 1.24 bits per heavy atom. The molecule has 1 atom stereocenters. The third-order valence-corrected chi connectivity index (χ3v) is 4.53. The Hall–Kier alpha value is -1.20. The molecule has 0 radical (unpaired) electrons. The highest BCUT2D eigenvalue weighted by Crippen LogP contribution is 2.24. The minimum absolute atomic E-state index is 0.158. The zero-order valence-corrected chi connectivity index (χ0v) is 13.5. The molecule has 0 aliphatic carbocycles. The fourth-order valence-corrected chi connectivity index (χ4v) is 3.30. The maximum atomic E-state index is 5.99. The quantitative estimate of drug-likeness (QED) is 0.465. The molecule has 3 nitrogen and oxygen atoms in total. The van der Waals surface area contributed by atoms with Crippen LogP contribution in [0.5, 0.6) is 5.75 Å². The van der Waals surface area contributed by atoms with E-state index in [2.05, 4.69) is 11.5 Å². The van der Waals surface area contributed by atoms with E-state index in [1.54, 1.807) is 18.9 Å². The van der Waals surface area contributed by atoms with Crippen LogP contribution in [0.3, 0.4) is 0 Å². The van der Waals surface area contributed by atoms with Crippen molar-refractivity contribution in [3.63, 3.8) is 0 Å². The van der Waals surface area contributed by atoms with Crippen molar-refractivity contribution in [3.8, 4) is 5.75 Å². The average molecular weight is 323 g/mol. The Balaban J connectivity index is 1.97. The van der Waals surface area contributed by atoms with Crippen molar-refractivity contribution in [1.29, 1.82) is 0 Å². The van der Waals surface area contributed by atoms with Gasteiger partial charge in [-0.05, 0) is 36.2 Å². The Bertz CT molecular complexity index is 580. The van der Waals surface area contributed by atoms with Crippen molar-refractivity contribution in [2.24, 2.45) is 5.84 Å². The van der Waals surface area contributed by atoms with E-state index in [0.29, 0.717) is 0 Å². The van der Waals surface area contributed by atoms with Gasteiger partial charge < -0.3 is 4.74 Å². The van der Waals surface area contributed by atoms with Gasteiger partial charge in [0, 0.05) is 21.7 Å². The fourth-order valence-electron chi connectivity index (χ4n) is 2.06. The number of para-hydroxylation sites is 1. The Morgan fingerprint density at radius 3 is 2.76 bits per heavy atom. The number of methoxy groups -OCH3 is 1. The van der Waals surface area contributed by atoms with Crippen LogP contribution in [0.1, 0.15) is 5.56 Å². The van der Waals surface area contributed by atoms with Crippen LogP contribution < -0.4 is 16.0 Å². The van der Waals surface area contributed by atoms with Crippen LogP contribution in [0.25, 0.3) is 0 Å². The highest BCUT2D eigenvalue weighted by atomic mass is 35.5. The first-order chi connectivity index (χ1) is 10.2. The third kappa shape index (κ3) is 4.93. The van der Waals surface area contributed by atoms with Crippen LogP contribution in [-0.2, 0) is 6.42 Å². The molecule has 1 unspecified atom stereocenters. The summed E-state index contributed by atoms with van der Waals surface area (Å²) < 4.78 is 5.38. The monoisotopic (exact) mass is 322 g/mol. The van der Waals surface area contributed by atoms with E-state index in [9.17, 15) is 0 Å². The summed E-state index contributed by atoms with van der Waals surface area (Å²) in [7, 11) is 1.68. The minimum Gasteiger partial charge on any atom is -0.496 e. The van der Waals surface area contributed by atoms with Gasteiger partial charge in [-0.25, -0.2) is 0 Å². The number of ether oxygens (including phenoxy) is 1. The van der Waals surface area contributed by atoms with E-state index < -0.39 is 0 Å². The summed E-state index contributed by atoms with van der Waals surface area (Å²) in [6.07, 6.45) is 0.814. The van der Waals surface area contributed by atoms with Crippen molar-refractivity contribution < 1.29 is 4.74 Å². The molecule has 2 aromatic rings. The average Bonchev–Trinajstić information content (AvgIpc) is 2.52. The lowest BCUT2D eigenvalue weighted by molar-refractivity contribution is 0.406. The van der Waals surface area contributed by atoms with Crippen molar-refractivity contribution in [2.75, 3.05) is 12.9 Å². The van der Waals surface area contributed by atoms with E-state index in [-0.39, 0.29) is 6.04 Å². The first kappa shape index (κ1) is 16.2. The van der Waals surface area contributed by atoms with Crippen LogP contribution in [0.2, 0.25) is 5.02 Å². The molecule has 0 spiro atoms. The topological polar surface area (TPSA) is 47.3 Å². The molecule has 21 heavy (non-hydrogen) atoms. The molecule has 0 aliphatic rings. The normalized spacial score (nSPS) is 12.1. The van der Waals surface area contributed by atoms with Crippen LogP contribution in [0.15, 0.2) is 53.4 Å². The summed E-state index contributed by atoms with van der Waals surface area (Å²) in [5.74, 6) is 7.43. The highest BCUT2D eigenvalue weighted by molar-refractivity contribution is 7.99. The lowest BCUT2D eigenvalue weighted by atomic mass is 10.1. The predicted octanol–water partition coefficient (Wildman–Crippen LogP) is 3.52. The molecule has 0 saturated heterocycles. The van der Waals surface area contributed by atoms with Gasteiger partial charge in [0.1, 0.15) is 5.75 Å². The SMILES string of the molecule is COc1ccccc1CC(CSc1cccc(Cl)c1)NN. The molecule has 5 heteroatoms. The van der Waals surface area contributed by atoms with Gasteiger partial charge in [0.15, 0.2) is 0 Å². The van der Waals surface area contributed by atoms with E-state index >= 15 is 0 Å². The molecule has 0 amide bonds. The molecule has 2 rings (SSSR count). The Kier molecular flexibility index (Phi) is 6.39. The Labute approximate surface area is 134 Å². The van der Waals surface area contributed by atoms with Gasteiger partial charge in [-0.1, -0.05) is 35.9 Å². The summed E-state index contributed by atoms with van der Waals surface area (Å²) in [4.78, 5) is 1.14. The van der Waals surface area contributed by atoms with E-state index in [1.807, 2.05) is 42.5 Å². The van der Waals surface area contributed by atoms with Crippen LogP contribution in [0, 0.1) is 0 Å². The molecule has 3 N–H and O–H groups in total. The number of rotatable bonds is 7. The third-order valence-electron chi connectivity index (χ3n) is 3.14. The van der Waals surface area contributed by atoms with Gasteiger partial charge in [0.05, 0.1) is 7.11 Å². The summed E-state index contributed by atoms with van der Waals surface area (Å²) in [5.41, 5.74) is 4.03. The zero-order chi connectivity index (χ0) is 15.1. The number of hydrogen-bond acceptors (Lipinski definition) is 4. The number of benzene rings is 2. The lowest BCUT2D eigenvalue weighted by Gasteiger charge is -2.17. The maximum absolute atomic E-state index is 5.99. The zero-order valence-electron chi connectivity index (χ0n) is 11.9. The summed E-state index contributed by atoms with van der Waals surface area (Å²) >= 11 is 7.73. The summed E-state index contributed by atoms with van der Waals surface area (Å²) in [6.45, 7) is 0. The first-order valence-electron chi connectivity index (χ1n) is 6.69. The number of halogens is 1. The number of hydrazine groups is 1. The fraction of sp³-hybridized carbons (Fsp3) is 0.250. The second-order valence-corrected chi connectivity index (χ2v) is 6.18. The van der Waals surface area contributed by atoms with E-state index in [0.717, 1.165) is 33.4 Å². The van der Waals surface area contributed by atoms with Crippen molar-refractivity contribution in [2.45, 2.75) is 17.4 Å². The van der Waals surface area contributed by atoms with Gasteiger partial charge in [-0.3, -0.25) is 11.3 Å². The molecule has 112 valence electrons. The molecular formula is C16H19ClN2OS. The number of nitrogens with one attached hydrogen (secondary N) is 1. The minimum atomic E-state index is 0.158. The molecule has 0 bridgehead atoms. The van der Waals surface area contributed by atoms with Gasteiger partial charge >= 0.3 is 0 Å². The molecule has 0 fully saturated rings. The van der Waals surface area contributed by atoms with Crippen LogP contribution >= 0.6 is 23.4 Å². The van der Waals surface area contributed by atoms with Crippen molar-refractivity contribution in [3.05, 3.63) is 59.1 Å². The van der Waals surface area contributed by atoms with Gasteiger partial charge in [-0.2, -0.15) is 0 Å². The Morgan fingerprint density at radius 2 is 2.05 bits per heavy atom. The summed E-state index contributed by atoms with van der Waals surface area (Å²) in [5, 5.41) is 0.752. The first-order valence-corrected chi connectivity index (χ1v) is 8.05. The molecule has 0 heterocycles. The van der Waals surface area contributed by atoms with E-state index in [4.69, 9.17) is 22.2 Å². The van der Waals surface area contributed by atoms with Gasteiger partial charge in [0.2, 0.25) is 0 Å². The predicted molar refractivity (Wildman–Crippen MR) is 90.0 cm³/mol. The second-order valence-electron chi connectivity index (χ2n) is 4.65. The smallest absolute Gasteiger partial charge is 0.122 e. The van der Waals surface area contributed by atoms with E-state index in [1.165, 1.54) is 0 Å². The van der Waals surface area contributed by atoms with Crippen molar-refractivity contribution >= 4 is 23.4 Å². The lowest BCUT2D eigenvalue weighted by Crippen LogP contribution is -2.38. The van der Waals surface area contributed by atoms with Crippen molar-refractivity contribution in [1.82, 2.24) is 5.43 Å². The summed E-state index contributed by atoms with van der Waals surface area (Å²) in [6, 6.07) is 16.0. The maximum Gasteiger partial charge on any atom is 0.122 e. The van der Waals surface area contributed by atoms with Gasteiger partial charge in [0.25, 0.3) is 0 Å². The van der Waals surface area contributed by atoms with Crippen LogP contribution in [-0.4, -0.2) is 18.9 Å². The molecule has 0 aliphatic heterocycles. The van der Waals surface area contributed by atoms with Crippen LogP contribution in [0.4, 0.5) is 0 Å². The largest absolute Gasteiger partial charge is 0.496 e. The number of thioether (sulfide) groups is 1. The van der Waals surface area contributed by atoms with Gasteiger partial charge in [-0.15, -0.1) is 11.8 Å². The molecule has 0 aromatic heterocycles. The molecule has 2 aromatic carbocycles. The molecular weight excluding hydrogens is 304 g/mol. The highest BCUT2D eigenvalue weighted by Gasteiger charge is 2.11. The molecule has 0 saturated carbocycles. The standard InChI is InChI=1S/C16H19ClN2OS/c1-20-16-8-3-2-5-12(16)9-14(19-18)11-21-15-7-4-6-13(17)10-15/h2-8,10,14,19H,9,11,18H2,1H3. The number of nitrogens with two attached hydrogens (primary N) is 1.